The van der Waals surface area contributed by atoms with Gasteiger partial charge in [0, 0.05) is 40.4 Å². The van der Waals surface area contributed by atoms with Gasteiger partial charge in [-0.05, 0) is 24.3 Å². The van der Waals surface area contributed by atoms with Crippen LogP contribution in [0.3, 0.4) is 0 Å². The van der Waals surface area contributed by atoms with E-state index in [1.54, 1.807) is 11.7 Å². The largest absolute Gasteiger partial charge is 0.356 e. The summed E-state index contributed by atoms with van der Waals surface area (Å²) in [6, 6.07) is 1.97. The number of hydrogen-bond donors (Lipinski definition) is 0. The predicted octanol–water partition coefficient (Wildman–Crippen LogP) is -0.242. The van der Waals surface area contributed by atoms with Crippen molar-refractivity contribution >= 4 is 5.82 Å². The lowest BCUT2D eigenvalue weighted by Crippen LogP contribution is -2.42. The smallest absolute Gasteiger partial charge is 0.332 e. The third-order valence-electron chi connectivity index (χ3n) is 4.61. The lowest BCUT2D eigenvalue weighted by Gasteiger charge is -2.22. The molecule has 0 amide bonds. The second-order valence-electron chi connectivity index (χ2n) is 6.34. The minimum absolute atomic E-state index is 0.0293. The quantitative estimate of drug-likeness (QED) is 0.776. The molecule has 8 nitrogen and oxygen atoms in total. The number of hydrogen-bond acceptors (Lipinski definition) is 5. The molecule has 2 aromatic heterocycles. The first-order valence-corrected chi connectivity index (χ1v) is 7.85. The summed E-state index contributed by atoms with van der Waals surface area (Å²) in [4.78, 5) is 26.4. The lowest BCUT2D eigenvalue weighted by atomic mass is 10.0. The third kappa shape index (κ3) is 2.62. The number of nitriles is 1. The van der Waals surface area contributed by atoms with Gasteiger partial charge in [-0.15, -0.1) is 0 Å². The molecular formula is C16H20N6O2. The van der Waals surface area contributed by atoms with Crippen LogP contribution < -0.4 is 16.1 Å². The average molecular weight is 328 g/mol. The van der Waals surface area contributed by atoms with Crippen molar-refractivity contribution < 1.29 is 0 Å². The van der Waals surface area contributed by atoms with Crippen LogP contribution in [-0.4, -0.2) is 32.0 Å². The highest BCUT2D eigenvalue weighted by atomic mass is 16.2. The standard InChI is InChI=1S/C16H20N6O2/c1-19-9-12(8-18-19)6-11-4-5-22(10-11)14-13(7-17)15(23)21(3)16(24)20(14)2/h8-9,11H,4-6,10H2,1-3H3. The highest BCUT2D eigenvalue weighted by Gasteiger charge is 2.28. The highest BCUT2D eigenvalue weighted by Crippen LogP contribution is 2.26. The Labute approximate surface area is 139 Å². The van der Waals surface area contributed by atoms with Crippen LogP contribution >= 0.6 is 0 Å². The minimum atomic E-state index is -0.536. The van der Waals surface area contributed by atoms with Crippen molar-refractivity contribution in [2.75, 3.05) is 18.0 Å². The number of aryl methyl sites for hydroxylation is 1. The van der Waals surface area contributed by atoms with Crippen LogP contribution in [0.2, 0.25) is 0 Å². The Morgan fingerprint density at radius 3 is 2.67 bits per heavy atom. The molecule has 2 aromatic rings. The molecule has 0 saturated carbocycles. The number of anilines is 1. The molecule has 0 radical (unpaired) electrons. The van der Waals surface area contributed by atoms with E-state index in [0.29, 0.717) is 18.3 Å². The lowest BCUT2D eigenvalue weighted by molar-refractivity contribution is 0.583. The average Bonchev–Trinajstić information content (AvgIpc) is 3.18. The van der Waals surface area contributed by atoms with E-state index in [1.165, 1.54) is 17.2 Å². The van der Waals surface area contributed by atoms with E-state index in [2.05, 4.69) is 5.10 Å². The molecule has 1 atom stereocenters. The van der Waals surface area contributed by atoms with E-state index in [0.717, 1.165) is 24.0 Å². The summed E-state index contributed by atoms with van der Waals surface area (Å²) in [7, 11) is 4.88. The van der Waals surface area contributed by atoms with E-state index in [9.17, 15) is 14.9 Å². The summed E-state index contributed by atoms with van der Waals surface area (Å²) < 4.78 is 4.15. The van der Waals surface area contributed by atoms with E-state index in [1.807, 2.05) is 30.4 Å². The summed E-state index contributed by atoms with van der Waals surface area (Å²) in [5, 5.41) is 13.6. The van der Waals surface area contributed by atoms with Crippen molar-refractivity contribution in [1.29, 1.82) is 5.26 Å². The third-order valence-corrected chi connectivity index (χ3v) is 4.61. The monoisotopic (exact) mass is 328 g/mol. The molecule has 1 aliphatic rings. The molecule has 0 aliphatic carbocycles. The molecule has 1 aliphatic heterocycles. The van der Waals surface area contributed by atoms with Crippen LogP contribution in [0.4, 0.5) is 5.82 Å². The topological polar surface area (TPSA) is 88.9 Å². The van der Waals surface area contributed by atoms with Crippen molar-refractivity contribution in [3.05, 3.63) is 44.4 Å². The molecule has 1 unspecified atom stereocenters. The Morgan fingerprint density at radius 2 is 2.04 bits per heavy atom. The molecule has 0 bridgehead atoms. The van der Waals surface area contributed by atoms with Gasteiger partial charge in [0.05, 0.1) is 6.20 Å². The molecule has 126 valence electrons. The highest BCUT2D eigenvalue weighted by molar-refractivity contribution is 5.54. The Hall–Kier alpha value is -2.82. The number of rotatable bonds is 3. The van der Waals surface area contributed by atoms with Gasteiger partial charge in [-0.25, -0.2) is 4.79 Å². The maximum Gasteiger partial charge on any atom is 0.332 e. The fourth-order valence-corrected chi connectivity index (χ4v) is 3.40. The molecule has 8 heteroatoms. The van der Waals surface area contributed by atoms with Gasteiger partial charge in [0.2, 0.25) is 0 Å². The summed E-state index contributed by atoms with van der Waals surface area (Å²) >= 11 is 0. The summed E-state index contributed by atoms with van der Waals surface area (Å²) in [6.45, 7) is 1.43. The van der Waals surface area contributed by atoms with E-state index >= 15 is 0 Å². The molecule has 0 N–H and O–H groups in total. The van der Waals surface area contributed by atoms with Gasteiger partial charge in [-0.3, -0.25) is 18.6 Å². The van der Waals surface area contributed by atoms with Crippen LogP contribution in [0, 0.1) is 17.2 Å². The zero-order chi connectivity index (χ0) is 17.4. The fourth-order valence-electron chi connectivity index (χ4n) is 3.40. The van der Waals surface area contributed by atoms with E-state index in [4.69, 9.17) is 0 Å². The van der Waals surface area contributed by atoms with Crippen LogP contribution in [0.25, 0.3) is 0 Å². The van der Waals surface area contributed by atoms with Gasteiger partial charge in [-0.2, -0.15) is 10.4 Å². The predicted molar refractivity (Wildman–Crippen MR) is 88.9 cm³/mol. The minimum Gasteiger partial charge on any atom is -0.356 e. The van der Waals surface area contributed by atoms with Gasteiger partial charge in [0.15, 0.2) is 5.56 Å². The first kappa shape index (κ1) is 16.1. The molecule has 0 aromatic carbocycles. The Bertz CT molecular complexity index is 930. The zero-order valence-corrected chi connectivity index (χ0v) is 14.1. The van der Waals surface area contributed by atoms with Crippen molar-refractivity contribution in [2.24, 2.45) is 27.1 Å². The van der Waals surface area contributed by atoms with Crippen molar-refractivity contribution in [2.45, 2.75) is 12.8 Å². The van der Waals surface area contributed by atoms with Crippen molar-refractivity contribution in [3.63, 3.8) is 0 Å². The molecule has 3 heterocycles. The molecule has 0 spiro atoms. The molecule has 3 rings (SSSR count). The van der Waals surface area contributed by atoms with Crippen molar-refractivity contribution in [3.8, 4) is 6.07 Å². The maximum atomic E-state index is 12.2. The molecular weight excluding hydrogens is 308 g/mol. The second kappa shape index (κ2) is 6.00. The normalized spacial score (nSPS) is 17.2. The second-order valence-corrected chi connectivity index (χ2v) is 6.34. The van der Waals surface area contributed by atoms with E-state index < -0.39 is 11.2 Å². The summed E-state index contributed by atoms with van der Waals surface area (Å²) in [6.07, 6.45) is 5.70. The summed E-state index contributed by atoms with van der Waals surface area (Å²) in [5.74, 6) is 0.833. The van der Waals surface area contributed by atoms with Gasteiger partial charge in [0.1, 0.15) is 11.9 Å². The van der Waals surface area contributed by atoms with Gasteiger partial charge < -0.3 is 4.90 Å². The molecule has 24 heavy (non-hydrogen) atoms. The maximum absolute atomic E-state index is 12.2. The summed E-state index contributed by atoms with van der Waals surface area (Å²) in [5.41, 5.74) is 0.250. The SMILES string of the molecule is Cn1cc(CC2CCN(c3c(C#N)c(=O)n(C)c(=O)n3C)C2)cn1. The Kier molecular flexibility index (Phi) is 4.01. The molecule has 1 fully saturated rings. The van der Waals surface area contributed by atoms with Crippen LogP contribution in [0.1, 0.15) is 17.5 Å². The van der Waals surface area contributed by atoms with Crippen LogP contribution in [0.15, 0.2) is 22.0 Å². The van der Waals surface area contributed by atoms with Crippen LogP contribution in [0.5, 0.6) is 0 Å². The van der Waals surface area contributed by atoms with Gasteiger partial charge >= 0.3 is 5.69 Å². The number of aromatic nitrogens is 4. The molecule has 1 saturated heterocycles. The Morgan fingerprint density at radius 1 is 1.29 bits per heavy atom. The zero-order valence-electron chi connectivity index (χ0n) is 14.1. The van der Waals surface area contributed by atoms with Crippen molar-refractivity contribution in [1.82, 2.24) is 18.9 Å². The number of nitrogens with zero attached hydrogens (tertiary/aromatic N) is 6. The van der Waals surface area contributed by atoms with Crippen LogP contribution in [-0.2, 0) is 27.6 Å². The first-order chi connectivity index (χ1) is 11.4. The fraction of sp³-hybridized carbons (Fsp3) is 0.500. The van der Waals surface area contributed by atoms with Gasteiger partial charge in [0.25, 0.3) is 5.56 Å². The Balaban J connectivity index is 1.90. The van der Waals surface area contributed by atoms with Gasteiger partial charge in [-0.1, -0.05) is 0 Å². The first-order valence-electron chi connectivity index (χ1n) is 7.85. The van der Waals surface area contributed by atoms with E-state index in [-0.39, 0.29) is 5.56 Å².